The van der Waals surface area contributed by atoms with E-state index in [0.717, 1.165) is 22.0 Å². The molecule has 2 heterocycles. The second-order valence-corrected chi connectivity index (χ2v) is 5.85. The number of aromatic nitrogens is 2. The number of anilines is 1. The molecule has 4 rings (SSSR count). The van der Waals surface area contributed by atoms with Crippen LogP contribution in [0, 0.1) is 0 Å². The lowest BCUT2D eigenvalue weighted by Gasteiger charge is -1.93. The largest absolute Gasteiger partial charge is 0.385 e. The predicted octanol–water partition coefficient (Wildman–Crippen LogP) is 5.29. The van der Waals surface area contributed by atoms with Crippen molar-refractivity contribution in [1.82, 2.24) is 9.97 Å². The van der Waals surface area contributed by atoms with Crippen LogP contribution in [0.1, 0.15) is 0 Å². The lowest BCUT2D eigenvalue weighted by atomic mass is 10.2. The van der Waals surface area contributed by atoms with E-state index in [0.29, 0.717) is 16.8 Å². The molecule has 0 aliphatic heterocycles. The molecule has 3 N–H and O–H groups in total. The molecule has 0 bridgehead atoms. The Labute approximate surface area is 136 Å². The van der Waals surface area contributed by atoms with Crippen molar-refractivity contribution in [2.75, 3.05) is 5.73 Å². The summed E-state index contributed by atoms with van der Waals surface area (Å²) in [5, 5.41) is 13.0. The minimum absolute atomic E-state index is 0.596. The van der Waals surface area contributed by atoms with Crippen LogP contribution in [-0.4, -0.2) is 9.97 Å². The number of aromatic amines is 1. The molecule has 2 aromatic heterocycles. The highest BCUT2D eigenvalue weighted by Gasteiger charge is 2.07. The number of rotatable bonds is 3. The van der Waals surface area contributed by atoms with Crippen molar-refractivity contribution in [2.24, 2.45) is 10.2 Å². The monoisotopic (exact) mass is 319 g/mol. The van der Waals surface area contributed by atoms with Crippen molar-refractivity contribution in [3.63, 3.8) is 0 Å². The second kappa shape index (κ2) is 5.66. The lowest BCUT2D eigenvalue weighted by molar-refractivity contribution is 1.17. The predicted molar refractivity (Wildman–Crippen MR) is 94.4 cm³/mol. The van der Waals surface area contributed by atoms with Crippen LogP contribution in [0.2, 0.25) is 0 Å². The number of fused-ring (bicyclic) bond motifs is 1. The van der Waals surface area contributed by atoms with E-state index < -0.39 is 0 Å². The van der Waals surface area contributed by atoms with Crippen molar-refractivity contribution in [2.45, 2.75) is 0 Å². The smallest absolute Gasteiger partial charge is 0.230 e. The Morgan fingerprint density at radius 3 is 2.48 bits per heavy atom. The number of hydrogen-bond donors (Lipinski definition) is 2. The van der Waals surface area contributed by atoms with E-state index in [1.165, 1.54) is 11.3 Å². The van der Waals surface area contributed by atoms with Crippen LogP contribution in [0.3, 0.4) is 0 Å². The van der Waals surface area contributed by atoms with Gasteiger partial charge >= 0.3 is 0 Å². The number of H-pyrrole nitrogens is 1. The fourth-order valence-corrected chi connectivity index (χ4v) is 3.05. The third-order valence-corrected chi connectivity index (χ3v) is 4.25. The summed E-state index contributed by atoms with van der Waals surface area (Å²) >= 11 is 1.46. The zero-order chi connectivity index (χ0) is 15.6. The molecular formula is C17H13N5S. The number of nitrogens with two attached hydrogens (primary N) is 1. The van der Waals surface area contributed by atoms with E-state index in [4.69, 9.17) is 5.73 Å². The van der Waals surface area contributed by atoms with Crippen molar-refractivity contribution < 1.29 is 0 Å². The van der Waals surface area contributed by atoms with Gasteiger partial charge in [0, 0.05) is 21.7 Å². The van der Waals surface area contributed by atoms with Crippen LogP contribution < -0.4 is 5.73 Å². The highest BCUT2D eigenvalue weighted by molar-refractivity contribution is 7.13. The van der Waals surface area contributed by atoms with E-state index in [1.54, 1.807) is 0 Å². The zero-order valence-corrected chi connectivity index (χ0v) is 12.9. The average molecular weight is 319 g/mol. The van der Waals surface area contributed by atoms with E-state index in [2.05, 4.69) is 20.2 Å². The van der Waals surface area contributed by atoms with Gasteiger partial charge < -0.3 is 10.7 Å². The molecule has 0 saturated heterocycles. The van der Waals surface area contributed by atoms with Crippen LogP contribution in [0.25, 0.3) is 22.0 Å². The SMILES string of the molecule is Nc1[nH]c(/N=N/c2nc(-c3ccccc3)cs2)c2ccccc12. The number of azo groups is 1. The maximum Gasteiger partial charge on any atom is 0.230 e. The quantitative estimate of drug-likeness (QED) is 0.503. The molecule has 0 fully saturated rings. The van der Waals surface area contributed by atoms with Gasteiger partial charge in [0.2, 0.25) is 5.13 Å². The first-order valence-corrected chi connectivity index (χ1v) is 7.98. The molecule has 0 unspecified atom stereocenters. The van der Waals surface area contributed by atoms with E-state index >= 15 is 0 Å². The number of nitrogens with one attached hydrogen (secondary N) is 1. The Hall–Kier alpha value is -2.99. The summed E-state index contributed by atoms with van der Waals surface area (Å²) in [4.78, 5) is 7.55. The normalized spacial score (nSPS) is 11.5. The molecule has 0 spiro atoms. The van der Waals surface area contributed by atoms with Crippen LogP contribution in [0.5, 0.6) is 0 Å². The van der Waals surface area contributed by atoms with Crippen LogP contribution in [0.15, 0.2) is 70.2 Å². The summed E-state index contributed by atoms with van der Waals surface area (Å²) in [6.45, 7) is 0. The Kier molecular flexibility index (Phi) is 3.36. The summed E-state index contributed by atoms with van der Waals surface area (Å²) in [6, 6.07) is 17.8. The summed E-state index contributed by atoms with van der Waals surface area (Å²) in [7, 11) is 0. The molecule has 2 aromatic carbocycles. The van der Waals surface area contributed by atoms with Crippen molar-refractivity contribution >= 4 is 38.9 Å². The van der Waals surface area contributed by atoms with Crippen molar-refractivity contribution in [1.29, 1.82) is 0 Å². The molecule has 0 atom stereocenters. The molecule has 5 nitrogen and oxygen atoms in total. The third-order valence-electron chi connectivity index (χ3n) is 3.52. The lowest BCUT2D eigenvalue weighted by Crippen LogP contribution is -1.82. The highest BCUT2D eigenvalue weighted by atomic mass is 32.1. The van der Waals surface area contributed by atoms with Crippen LogP contribution in [0.4, 0.5) is 16.8 Å². The number of thiazole rings is 1. The van der Waals surface area contributed by atoms with E-state index in [9.17, 15) is 0 Å². The van der Waals surface area contributed by atoms with Gasteiger partial charge in [-0.15, -0.1) is 21.6 Å². The third kappa shape index (κ3) is 2.60. The Balaban J connectivity index is 1.65. The summed E-state index contributed by atoms with van der Waals surface area (Å²) in [5.41, 5.74) is 7.93. The zero-order valence-electron chi connectivity index (χ0n) is 12.1. The molecule has 0 aliphatic rings. The molecule has 6 heteroatoms. The fraction of sp³-hybridized carbons (Fsp3) is 0. The first-order chi connectivity index (χ1) is 11.3. The molecule has 0 saturated carbocycles. The molecule has 0 aliphatic carbocycles. The Bertz CT molecular complexity index is 985. The number of hydrogen-bond acceptors (Lipinski definition) is 5. The second-order valence-electron chi connectivity index (χ2n) is 5.01. The Morgan fingerprint density at radius 2 is 1.65 bits per heavy atom. The van der Waals surface area contributed by atoms with Gasteiger partial charge in [0.1, 0.15) is 5.82 Å². The van der Waals surface area contributed by atoms with Crippen LogP contribution in [-0.2, 0) is 0 Å². The van der Waals surface area contributed by atoms with Gasteiger partial charge in [-0.05, 0) is 0 Å². The molecule has 23 heavy (non-hydrogen) atoms. The minimum Gasteiger partial charge on any atom is -0.385 e. The van der Waals surface area contributed by atoms with Gasteiger partial charge in [-0.25, -0.2) is 4.98 Å². The topological polar surface area (TPSA) is 79.4 Å². The van der Waals surface area contributed by atoms with Gasteiger partial charge in [0.15, 0.2) is 5.82 Å². The molecular weight excluding hydrogens is 306 g/mol. The fourth-order valence-electron chi connectivity index (χ4n) is 2.41. The first kappa shape index (κ1) is 13.7. The van der Waals surface area contributed by atoms with E-state index in [-0.39, 0.29) is 0 Å². The maximum absolute atomic E-state index is 5.96. The number of nitrogen functional groups attached to an aromatic ring is 1. The molecule has 0 amide bonds. The standard InChI is InChI=1S/C17H13N5S/c18-15-12-8-4-5-9-13(12)16(20-15)21-22-17-19-14(10-23-17)11-6-2-1-3-7-11/h1-10,20H,18H2/b22-21+. The maximum atomic E-state index is 5.96. The average Bonchev–Trinajstić information content (AvgIpc) is 3.19. The summed E-state index contributed by atoms with van der Waals surface area (Å²) in [5.74, 6) is 1.24. The summed E-state index contributed by atoms with van der Waals surface area (Å²) < 4.78 is 0. The van der Waals surface area contributed by atoms with Crippen molar-refractivity contribution in [3.8, 4) is 11.3 Å². The number of nitrogens with zero attached hydrogens (tertiary/aromatic N) is 3. The van der Waals surface area contributed by atoms with Crippen molar-refractivity contribution in [3.05, 3.63) is 60.0 Å². The van der Waals surface area contributed by atoms with Gasteiger partial charge in [-0.2, -0.15) is 0 Å². The van der Waals surface area contributed by atoms with E-state index in [1.807, 2.05) is 60.0 Å². The minimum atomic E-state index is 0.596. The van der Waals surface area contributed by atoms with Gasteiger partial charge in [0.05, 0.1) is 5.69 Å². The van der Waals surface area contributed by atoms with Crippen LogP contribution >= 0.6 is 11.3 Å². The summed E-state index contributed by atoms with van der Waals surface area (Å²) in [6.07, 6.45) is 0. The van der Waals surface area contributed by atoms with Gasteiger partial charge in [-0.3, -0.25) is 0 Å². The van der Waals surface area contributed by atoms with Gasteiger partial charge in [0.25, 0.3) is 0 Å². The highest BCUT2D eigenvalue weighted by Crippen LogP contribution is 2.32. The van der Waals surface area contributed by atoms with Gasteiger partial charge in [-0.1, -0.05) is 54.6 Å². The molecule has 112 valence electrons. The number of benzene rings is 2. The molecule has 0 radical (unpaired) electrons. The Morgan fingerprint density at radius 1 is 0.913 bits per heavy atom. The first-order valence-electron chi connectivity index (χ1n) is 7.10. The molecule has 4 aromatic rings.